The van der Waals surface area contributed by atoms with Gasteiger partial charge in [0.2, 0.25) is 0 Å². The maximum Gasteiger partial charge on any atom is 0.274 e. The van der Waals surface area contributed by atoms with E-state index in [2.05, 4.69) is 4.99 Å². The predicted molar refractivity (Wildman–Crippen MR) is 116 cm³/mol. The van der Waals surface area contributed by atoms with E-state index in [-0.39, 0.29) is 5.91 Å². The third-order valence-electron chi connectivity index (χ3n) is 4.91. The number of amidine groups is 1. The van der Waals surface area contributed by atoms with Crippen LogP contribution in [0.4, 0.5) is 0 Å². The average molecular weight is 452 g/mol. The van der Waals surface area contributed by atoms with Crippen molar-refractivity contribution >= 4 is 58.1 Å². The van der Waals surface area contributed by atoms with Gasteiger partial charge >= 0.3 is 0 Å². The smallest absolute Gasteiger partial charge is 0.274 e. The minimum absolute atomic E-state index is 0.240. The van der Waals surface area contributed by atoms with Gasteiger partial charge in [-0.25, -0.2) is 0 Å². The fourth-order valence-electron chi connectivity index (χ4n) is 3.54. The predicted octanol–water partition coefficient (Wildman–Crippen LogP) is 6.15. The molecule has 0 fully saturated rings. The second-order valence-corrected chi connectivity index (χ2v) is 8.39. The molecule has 0 saturated carbocycles. The van der Waals surface area contributed by atoms with Crippen molar-refractivity contribution in [3.05, 3.63) is 92.0 Å². The molecule has 0 aliphatic carbocycles. The Balaban J connectivity index is 1.80. The van der Waals surface area contributed by atoms with Gasteiger partial charge in [-0.3, -0.25) is 4.79 Å². The van der Waals surface area contributed by atoms with Crippen LogP contribution in [0.1, 0.15) is 11.1 Å². The van der Waals surface area contributed by atoms with Gasteiger partial charge in [0, 0.05) is 39.1 Å². The minimum atomic E-state index is -0.981. The van der Waals surface area contributed by atoms with Crippen LogP contribution in [0.5, 0.6) is 0 Å². The van der Waals surface area contributed by atoms with Crippen LogP contribution in [-0.4, -0.2) is 22.2 Å². The number of rotatable bonds is 4. The first kappa shape index (κ1) is 19.5. The first-order valence-electron chi connectivity index (χ1n) is 8.54. The summed E-state index contributed by atoms with van der Waals surface area (Å²) in [5, 5.41) is 2.09. The second-order valence-electron chi connectivity index (χ2n) is 6.70. The summed E-state index contributed by atoms with van der Waals surface area (Å²) >= 11 is 24.9. The summed E-state index contributed by atoms with van der Waals surface area (Å²) in [5.41, 5.74) is 0.638. The van der Waals surface area contributed by atoms with Crippen molar-refractivity contribution in [2.75, 3.05) is 0 Å². The van der Waals surface area contributed by atoms with Crippen molar-refractivity contribution < 1.29 is 4.79 Å². The number of carbonyl (C=O) groups excluding carboxylic acids is 1. The minimum Gasteiger partial charge on any atom is -0.317 e. The lowest BCUT2D eigenvalue weighted by molar-refractivity contribution is -0.124. The quantitative estimate of drug-likeness (QED) is 0.558. The van der Waals surface area contributed by atoms with Crippen LogP contribution in [0.2, 0.25) is 20.1 Å². The molecule has 0 bridgehead atoms. The normalized spacial score (nSPS) is 17.1. The van der Waals surface area contributed by atoms with Crippen LogP contribution in [0.15, 0.2) is 65.8 Å². The van der Waals surface area contributed by atoms with Gasteiger partial charge in [-0.2, -0.15) is 4.99 Å². The van der Waals surface area contributed by atoms with Gasteiger partial charge in [0.25, 0.3) is 5.91 Å². The summed E-state index contributed by atoms with van der Waals surface area (Å²) in [6.07, 6.45) is 8.10. The Labute approximate surface area is 182 Å². The molecular weight excluding hydrogens is 438 g/mol. The molecule has 0 N–H and O–H groups in total. The van der Waals surface area contributed by atoms with Crippen molar-refractivity contribution in [1.29, 1.82) is 0 Å². The number of fused-ring (bicyclic) bond motifs is 1. The van der Waals surface area contributed by atoms with Crippen LogP contribution in [0.25, 0.3) is 0 Å². The lowest BCUT2D eigenvalue weighted by Crippen LogP contribution is -2.52. The summed E-state index contributed by atoms with van der Waals surface area (Å²) < 4.78 is 0. The third-order valence-corrected chi connectivity index (χ3v) is 6.08. The highest BCUT2D eigenvalue weighted by Crippen LogP contribution is 2.38. The van der Waals surface area contributed by atoms with E-state index in [1.165, 1.54) is 0 Å². The molecule has 7 heteroatoms. The van der Waals surface area contributed by atoms with Crippen molar-refractivity contribution in [2.45, 2.75) is 18.4 Å². The molecule has 2 heterocycles. The zero-order chi connectivity index (χ0) is 19.9. The number of amides is 1. The summed E-state index contributed by atoms with van der Waals surface area (Å²) in [6, 6.07) is 10.6. The number of benzene rings is 2. The van der Waals surface area contributed by atoms with Crippen LogP contribution in [0.3, 0.4) is 0 Å². The van der Waals surface area contributed by atoms with Crippen molar-refractivity contribution in [3.63, 3.8) is 0 Å². The number of nitrogens with zero attached hydrogens (tertiary/aromatic N) is 2. The number of hydrogen-bond acceptors (Lipinski definition) is 2. The summed E-state index contributed by atoms with van der Waals surface area (Å²) in [7, 11) is 0. The Morgan fingerprint density at radius 3 is 1.96 bits per heavy atom. The molecule has 28 heavy (non-hydrogen) atoms. The molecule has 3 nitrogen and oxygen atoms in total. The Hall–Kier alpha value is -1.78. The van der Waals surface area contributed by atoms with Gasteiger partial charge in [0.15, 0.2) is 0 Å². The number of carbonyl (C=O) groups is 1. The molecule has 0 aromatic heterocycles. The average Bonchev–Trinajstić information content (AvgIpc) is 2.92. The summed E-state index contributed by atoms with van der Waals surface area (Å²) in [6.45, 7) is 0. The zero-order valence-electron chi connectivity index (χ0n) is 14.5. The number of hydrogen-bond donors (Lipinski definition) is 0. The molecule has 0 unspecified atom stereocenters. The molecule has 2 aliphatic heterocycles. The molecule has 2 aliphatic rings. The van der Waals surface area contributed by atoms with Gasteiger partial charge in [0.05, 0.1) is 0 Å². The molecule has 2 aromatic carbocycles. The molecule has 0 atom stereocenters. The van der Waals surface area contributed by atoms with Gasteiger partial charge < -0.3 is 4.90 Å². The van der Waals surface area contributed by atoms with E-state index in [1.807, 2.05) is 41.5 Å². The fourth-order valence-corrected chi connectivity index (χ4v) is 4.49. The van der Waals surface area contributed by atoms with Crippen LogP contribution >= 0.6 is 46.4 Å². The molecule has 0 saturated heterocycles. The fraction of sp³-hybridized carbons (Fsp3) is 0.143. The zero-order valence-corrected chi connectivity index (χ0v) is 17.5. The topological polar surface area (TPSA) is 32.7 Å². The third kappa shape index (κ3) is 3.48. The Kier molecular flexibility index (Phi) is 5.28. The Morgan fingerprint density at radius 1 is 0.857 bits per heavy atom. The molecule has 0 radical (unpaired) electrons. The van der Waals surface area contributed by atoms with E-state index in [4.69, 9.17) is 46.4 Å². The number of aliphatic imine (C=N–C) groups is 1. The van der Waals surface area contributed by atoms with E-state index >= 15 is 0 Å². The van der Waals surface area contributed by atoms with Gasteiger partial charge in [-0.1, -0.05) is 64.6 Å². The number of halogens is 4. The van der Waals surface area contributed by atoms with Crippen LogP contribution in [0, 0.1) is 0 Å². The SMILES string of the molecule is O=C1N=C2C=CC=CN2C1(Cc1ccc(Cl)cc1Cl)Cc1ccc(Cl)cc1Cl. The van der Waals surface area contributed by atoms with Crippen molar-refractivity contribution in [3.8, 4) is 0 Å². The molecule has 142 valence electrons. The first-order chi connectivity index (χ1) is 13.4. The lowest BCUT2D eigenvalue weighted by Gasteiger charge is -2.37. The highest BCUT2D eigenvalue weighted by atomic mass is 35.5. The van der Waals surface area contributed by atoms with E-state index in [1.54, 1.807) is 24.3 Å². The van der Waals surface area contributed by atoms with Crippen LogP contribution < -0.4 is 0 Å². The molecule has 1 amide bonds. The van der Waals surface area contributed by atoms with Gasteiger partial charge in [-0.05, 0) is 47.5 Å². The largest absolute Gasteiger partial charge is 0.317 e. The van der Waals surface area contributed by atoms with Crippen LogP contribution in [-0.2, 0) is 17.6 Å². The second kappa shape index (κ2) is 7.57. The highest BCUT2D eigenvalue weighted by Gasteiger charge is 2.50. The monoisotopic (exact) mass is 450 g/mol. The highest BCUT2D eigenvalue weighted by molar-refractivity contribution is 6.35. The Morgan fingerprint density at radius 2 is 1.43 bits per heavy atom. The van der Waals surface area contributed by atoms with E-state index in [9.17, 15) is 4.79 Å². The summed E-state index contributed by atoms with van der Waals surface area (Å²) in [5.74, 6) is 0.360. The molecular formula is C21H14Cl4N2O. The van der Waals surface area contributed by atoms with Gasteiger partial charge in [0.1, 0.15) is 11.4 Å². The van der Waals surface area contributed by atoms with E-state index in [0.29, 0.717) is 38.8 Å². The maximum absolute atomic E-state index is 13.2. The van der Waals surface area contributed by atoms with Crippen molar-refractivity contribution in [2.24, 2.45) is 4.99 Å². The standard InChI is InChI=1S/C21H14Cl4N2O/c22-15-6-4-13(17(24)9-15)11-21(12-14-5-7-16(23)10-18(14)25)20(28)26-19-3-1-2-8-27(19)21/h1-10H,11-12H2. The van der Waals surface area contributed by atoms with E-state index in [0.717, 1.165) is 11.1 Å². The maximum atomic E-state index is 13.2. The molecule has 0 spiro atoms. The number of allylic oxidation sites excluding steroid dienone is 2. The molecule has 2 aromatic rings. The lowest BCUT2D eigenvalue weighted by atomic mass is 9.83. The first-order valence-corrected chi connectivity index (χ1v) is 10.1. The Bertz CT molecular complexity index is 1000. The van der Waals surface area contributed by atoms with Crippen molar-refractivity contribution in [1.82, 2.24) is 4.90 Å². The van der Waals surface area contributed by atoms with E-state index < -0.39 is 5.54 Å². The van der Waals surface area contributed by atoms with Gasteiger partial charge in [-0.15, -0.1) is 0 Å². The molecule has 4 rings (SSSR count). The summed E-state index contributed by atoms with van der Waals surface area (Å²) in [4.78, 5) is 19.4.